The van der Waals surface area contributed by atoms with E-state index in [9.17, 15) is 0 Å². The van der Waals surface area contributed by atoms with Gasteiger partial charge in [-0.1, -0.05) is 29.9 Å². The topological polar surface area (TPSA) is 0 Å². The van der Waals surface area contributed by atoms with Crippen LogP contribution in [0.25, 0.3) is 0 Å². The molecule has 0 amide bonds. The quantitative estimate of drug-likeness (QED) is 0.403. The Bertz CT molecular complexity index is 346. The summed E-state index contributed by atoms with van der Waals surface area (Å²) in [5, 5.41) is 0. The number of piperidine rings is 1. The highest BCUT2D eigenvalue weighted by Crippen LogP contribution is 2.39. The Kier molecular flexibility index (Phi) is 1.58. The molecule has 14 heavy (non-hydrogen) atoms. The predicted octanol–water partition coefficient (Wildman–Crippen LogP) is 2.13. The van der Waals surface area contributed by atoms with Crippen molar-refractivity contribution >= 4 is 0 Å². The molecule has 0 aromatic rings. The third kappa shape index (κ3) is 1.05. The van der Waals surface area contributed by atoms with E-state index >= 15 is 0 Å². The molecule has 0 aromatic heterocycles. The van der Waals surface area contributed by atoms with Crippen LogP contribution in [0, 0.1) is 11.8 Å². The number of hydrogen-bond acceptors (Lipinski definition) is 0. The average molecular weight is 188 g/mol. The maximum atomic E-state index is 2.47. The molecule has 0 saturated carbocycles. The van der Waals surface area contributed by atoms with Gasteiger partial charge < -0.3 is 4.48 Å². The highest BCUT2D eigenvalue weighted by atomic mass is 15.3. The fraction of sp³-hybridized carbons (Fsp3) is 0.538. The van der Waals surface area contributed by atoms with Crippen LogP contribution in [-0.4, -0.2) is 31.2 Å². The highest BCUT2D eigenvalue weighted by Gasteiger charge is 2.41. The molecule has 1 fully saturated rings. The SMILES string of the molecule is C[N+]1(C)CCC2=CC3C=CC2C1C=C3. The van der Waals surface area contributed by atoms with Crippen molar-refractivity contribution < 1.29 is 4.48 Å². The molecule has 1 heteroatoms. The molecule has 0 radical (unpaired) electrons. The van der Waals surface area contributed by atoms with E-state index in [1.165, 1.54) is 13.0 Å². The number of likely N-dealkylation sites (tertiary alicyclic amines) is 1. The molecule has 1 saturated heterocycles. The summed E-state index contributed by atoms with van der Waals surface area (Å²) >= 11 is 0. The van der Waals surface area contributed by atoms with Crippen molar-refractivity contribution in [3.63, 3.8) is 0 Å². The molecule has 4 aliphatic rings. The van der Waals surface area contributed by atoms with Crippen molar-refractivity contribution in [2.24, 2.45) is 11.8 Å². The Morgan fingerprint density at radius 2 is 1.93 bits per heavy atom. The van der Waals surface area contributed by atoms with E-state index in [1.54, 1.807) is 5.57 Å². The van der Waals surface area contributed by atoms with Crippen molar-refractivity contribution in [2.75, 3.05) is 20.6 Å². The average Bonchev–Trinajstić information content (AvgIpc) is 2.43. The molecule has 74 valence electrons. The van der Waals surface area contributed by atoms with Gasteiger partial charge in [-0.3, -0.25) is 0 Å². The third-order valence-electron chi connectivity index (χ3n) is 4.06. The van der Waals surface area contributed by atoms with E-state index in [4.69, 9.17) is 0 Å². The molecule has 4 bridgehead atoms. The Morgan fingerprint density at radius 1 is 1.14 bits per heavy atom. The van der Waals surface area contributed by atoms with Gasteiger partial charge in [-0.2, -0.15) is 0 Å². The summed E-state index contributed by atoms with van der Waals surface area (Å²) in [4.78, 5) is 0. The number of nitrogens with zero attached hydrogens (tertiary/aromatic N) is 1. The second-order valence-electron chi connectivity index (χ2n) is 5.36. The Hall–Kier alpha value is -0.820. The summed E-state index contributed by atoms with van der Waals surface area (Å²) in [7, 11) is 4.72. The van der Waals surface area contributed by atoms with E-state index in [0.717, 1.165) is 4.48 Å². The summed E-state index contributed by atoms with van der Waals surface area (Å²) in [5.74, 6) is 1.28. The molecule has 1 nitrogen and oxygen atoms in total. The minimum Gasteiger partial charge on any atom is -0.322 e. The lowest BCUT2D eigenvalue weighted by Gasteiger charge is -2.45. The van der Waals surface area contributed by atoms with E-state index < -0.39 is 0 Å². The van der Waals surface area contributed by atoms with Crippen LogP contribution in [0.4, 0.5) is 0 Å². The van der Waals surface area contributed by atoms with Crippen LogP contribution in [0.15, 0.2) is 36.0 Å². The predicted molar refractivity (Wildman–Crippen MR) is 58.7 cm³/mol. The van der Waals surface area contributed by atoms with Crippen LogP contribution in [0.3, 0.4) is 0 Å². The van der Waals surface area contributed by atoms with E-state index in [-0.39, 0.29) is 0 Å². The van der Waals surface area contributed by atoms with Gasteiger partial charge in [0.25, 0.3) is 0 Å². The standard InChI is InChI=1S/C13H18N/c1-14(2)8-7-11-9-10-3-5-12(11)13(14)6-4-10/h3-6,9-10,12-13H,7-8H2,1-2H3/q+1. The molecule has 1 aliphatic heterocycles. The first-order valence-electron chi connectivity index (χ1n) is 5.57. The second-order valence-corrected chi connectivity index (χ2v) is 5.36. The third-order valence-corrected chi connectivity index (χ3v) is 4.06. The maximum Gasteiger partial charge on any atom is 0.117 e. The molecule has 3 atom stereocenters. The molecule has 0 spiro atoms. The molecular weight excluding hydrogens is 170 g/mol. The van der Waals surface area contributed by atoms with Crippen molar-refractivity contribution in [3.8, 4) is 0 Å². The fourth-order valence-corrected chi connectivity index (χ4v) is 3.08. The van der Waals surface area contributed by atoms with Crippen LogP contribution < -0.4 is 0 Å². The van der Waals surface area contributed by atoms with Crippen LogP contribution in [0.1, 0.15) is 6.42 Å². The molecular formula is C13H18N+. The number of allylic oxidation sites excluding steroid dienone is 3. The zero-order chi connectivity index (χ0) is 9.76. The van der Waals surface area contributed by atoms with E-state index in [0.29, 0.717) is 17.9 Å². The first-order valence-corrected chi connectivity index (χ1v) is 5.57. The Balaban J connectivity index is 2.10. The van der Waals surface area contributed by atoms with Gasteiger partial charge in [0.05, 0.1) is 26.6 Å². The van der Waals surface area contributed by atoms with E-state index in [2.05, 4.69) is 44.5 Å². The van der Waals surface area contributed by atoms with Crippen molar-refractivity contribution in [3.05, 3.63) is 36.0 Å². The summed E-state index contributed by atoms with van der Waals surface area (Å²) in [6.07, 6.45) is 13.4. The van der Waals surface area contributed by atoms with E-state index in [1.807, 2.05) is 0 Å². The molecule has 3 unspecified atom stereocenters. The minimum atomic E-state index is 0.587. The van der Waals surface area contributed by atoms with Gasteiger partial charge in [0.15, 0.2) is 0 Å². The number of hydrogen-bond donors (Lipinski definition) is 0. The van der Waals surface area contributed by atoms with Gasteiger partial charge in [0.1, 0.15) is 6.04 Å². The zero-order valence-corrected chi connectivity index (χ0v) is 8.98. The van der Waals surface area contributed by atoms with Gasteiger partial charge in [-0.25, -0.2) is 0 Å². The summed E-state index contributed by atoms with van der Waals surface area (Å²) in [6.45, 7) is 1.29. The van der Waals surface area contributed by atoms with Crippen LogP contribution in [0.5, 0.6) is 0 Å². The lowest BCUT2D eigenvalue weighted by Crippen LogP contribution is -2.55. The van der Waals surface area contributed by atoms with Gasteiger partial charge in [0.2, 0.25) is 0 Å². The normalized spacial score (nSPS) is 42.1. The fourth-order valence-electron chi connectivity index (χ4n) is 3.08. The van der Waals surface area contributed by atoms with Gasteiger partial charge >= 0.3 is 0 Å². The maximum absolute atomic E-state index is 2.47. The first-order chi connectivity index (χ1) is 6.67. The van der Waals surface area contributed by atoms with Crippen molar-refractivity contribution in [2.45, 2.75) is 12.5 Å². The summed E-state index contributed by atoms with van der Waals surface area (Å²) < 4.78 is 1.15. The lowest BCUT2D eigenvalue weighted by atomic mass is 9.81. The second kappa shape index (κ2) is 2.60. The van der Waals surface area contributed by atoms with Crippen LogP contribution >= 0.6 is 0 Å². The van der Waals surface area contributed by atoms with Crippen molar-refractivity contribution in [1.82, 2.24) is 0 Å². The summed E-state index contributed by atoms with van der Waals surface area (Å²) in [5.41, 5.74) is 1.69. The van der Waals surface area contributed by atoms with Crippen LogP contribution in [-0.2, 0) is 0 Å². The smallest absolute Gasteiger partial charge is 0.117 e. The molecule has 3 aliphatic carbocycles. The molecule has 0 aromatic carbocycles. The minimum absolute atomic E-state index is 0.587. The molecule has 4 rings (SSSR count). The number of likely N-dealkylation sites (N-methyl/N-ethyl adjacent to an activating group) is 1. The van der Waals surface area contributed by atoms with Gasteiger partial charge in [-0.15, -0.1) is 0 Å². The molecule has 0 N–H and O–H groups in total. The van der Waals surface area contributed by atoms with Gasteiger partial charge in [-0.05, 0) is 6.08 Å². The Morgan fingerprint density at radius 3 is 2.79 bits per heavy atom. The highest BCUT2D eigenvalue weighted by molar-refractivity contribution is 5.33. The monoisotopic (exact) mass is 188 g/mol. The van der Waals surface area contributed by atoms with Crippen molar-refractivity contribution in [1.29, 1.82) is 0 Å². The van der Waals surface area contributed by atoms with Crippen LogP contribution in [0.2, 0.25) is 0 Å². The lowest BCUT2D eigenvalue weighted by molar-refractivity contribution is -0.914. The summed E-state index contributed by atoms with van der Waals surface area (Å²) in [6, 6.07) is 0.679. The zero-order valence-electron chi connectivity index (χ0n) is 8.98. The Labute approximate surface area is 86.0 Å². The number of rotatable bonds is 0. The van der Waals surface area contributed by atoms with Gasteiger partial charge in [0, 0.05) is 12.3 Å². The molecule has 1 heterocycles. The first kappa shape index (κ1) is 8.49. The largest absolute Gasteiger partial charge is 0.322 e. The number of quaternary nitrogens is 1.